The van der Waals surface area contributed by atoms with Crippen molar-refractivity contribution in [3.05, 3.63) is 0 Å². The fourth-order valence-electron chi connectivity index (χ4n) is 2.31. The molecule has 0 radical (unpaired) electrons. The Balaban J connectivity index is 0.00000162. The van der Waals surface area contributed by atoms with Crippen molar-refractivity contribution in [2.75, 3.05) is 39.3 Å². The van der Waals surface area contributed by atoms with E-state index in [1.807, 2.05) is 18.7 Å². The van der Waals surface area contributed by atoms with Crippen molar-refractivity contribution >= 4 is 30.7 Å². The minimum absolute atomic E-state index is 0. The molecule has 2 N–H and O–H groups in total. The van der Waals surface area contributed by atoms with Crippen LogP contribution in [0.25, 0.3) is 0 Å². The van der Waals surface area contributed by atoms with Crippen LogP contribution < -0.4 is 5.73 Å². The molecule has 2 aliphatic rings. The molecule has 2 fully saturated rings. The molecule has 1 saturated carbocycles. The van der Waals surface area contributed by atoms with Crippen LogP contribution in [0.4, 0.5) is 0 Å². The van der Waals surface area contributed by atoms with Gasteiger partial charge in [0.1, 0.15) is 0 Å². The molecule has 0 aromatic rings. The molecule has 1 aliphatic carbocycles. The van der Waals surface area contributed by atoms with Gasteiger partial charge < -0.3 is 10.6 Å². The predicted molar refractivity (Wildman–Crippen MR) is 83.1 cm³/mol. The molecule has 1 saturated heterocycles. The number of nitrogens with two attached hydrogens (primary N) is 1. The average Bonchev–Trinajstić information content (AvgIpc) is 3.13. The van der Waals surface area contributed by atoms with Crippen molar-refractivity contribution in [3.8, 4) is 0 Å². The third-order valence-corrected chi connectivity index (χ3v) is 3.96. The van der Waals surface area contributed by atoms with E-state index in [1.54, 1.807) is 0 Å². The van der Waals surface area contributed by atoms with Gasteiger partial charge in [0, 0.05) is 39.3 Å². The lowest BCUT2D eigenvalue weighted by Gasteiger charge is -2.38. The van der Waals surface area contributed by atoms with Crippen LogP contribution in [0.3, 0.4) is 0 Å². The first-order chi connectivity index (χ1) is 8.03. The summed E-state index contributed by atoms with van der Waals surface area (Å²) in [5, 5.41) is 0. The molecule has 0 spiro atoms. The van der Waals surface area contributed by atoms with Crippen LogP contribution in [0.5, 0.6) is 0 Å². The first-order valence-electron chi connectivity index (χ1n) is 6.75. The van der Waals surface area contributed by atoms with E-state index in [4.69, 9.17) is 5.73 Å². The third kappa shape index (κ3) is 5.10. The Kier molecular flexibility index (Phi) is 7.66. The van der Waals surface area contributed by atoms with Crippen molar-refractivity contribution < 1.29 is 4.79 Å². The molecule has 1 amide bonds. The minimum Gasteiger partial charge on any atom is -0.340 e. The summed E-state index contributed by atoms with van der Waals surface area (Å²) >= 11 is 0. The molecule has 0 bridgehead atoms. The number of carbonyl (C=O) groups is 1. The topological polar surface area (TPSA) is 49.6 Å². The van der Waals surface area contributed by atoms with E-state index in [9.17, 15) is 4.79 Å². The SMILES string of the molecule is CC(C)(CN)C(=O)N1CCN(CC2CC2)CC1.Cl.Cl. The van der Waals surface area contributed by atoms with E-state index in [2.05, 4.69) is 4.90 Å². The van der Waals surface area contributed by atoms with Gasteiger partial charge in [-0.2, -0.15) is 0 Å². The Hall–Kier alpha value is -0.0300. The zero-order valence-electron chi connectivity index (χ0n) is 11.9. The molecule has 1 heterocycles. The fraction of sp³-hybridized carbons (Fsp3) is 0.923. The standard InChI is InChI=1S/C13H25N3O.2ClH/c1-13(2,10-14)12(17)16-7-5-15(6-8-16)9-11-3-4-11;;/h11H,3-10,14H2,1-2H3;2*1H. The Bertz CT molecular complexity index is 288. The van der Waals surface area contributed by atoms with Gasteiger partial charge in [0.2, 0.25) is 5.91 Å². The molecule has 0 aromatic carbocycles. The monoisotopic (exact) mass is 311 g/mol. The Morgan fingerprint density at radius 3 is 2.11 bits per heavy atom. The van der Waals surface area contributed by atoms with Crippen molar-refractivity contribution in [2.24, 2.45) is 17.1 Å². The highest BCUT2D eigenvalue weighted by molar-refractivity contribution is 5.85. The third-order valence-electron chi connectivity index (χ3n) is 3.96. The molecule has 4 nitrogen and oxygen atoms in total. The second-order valence-electron chi connectivity index (χ2n) is 6.12. The maximum Gasteiger partial charge on any atom is 0.229 e. The Labute approximate surface area is 128 Å². The van der Waals surface area contributed by atoms with Gasteiger partial charge in [-0.05, 0) is 32.6 Å². The number of hydrogen-bond donors (Lipinski definition) is 1. The van der Waals surface area contributed by atoms with Gasteiger partial charge in [-0.1, -0.05) is 0 Å². The zero-order valence-corrected chi connectivity index (χ0v) is 13.6. The molecule has 19 heavy (non-hydrogen) atoms. The highest BCUT2D eigenvalue weighted by Gasteiger charge is 2.33. The molecule has 0 unspecified atom stereocenters. The highest BCUT2D eigenvalue weighted by Crippen LogP contribution is 2.30. The molecule has 2 rings (SSSR count). The van der Waals surface area contributed by atoms with Crippen LogP contribution >= 0.6 is 24.8 Å². The maximum absolute atomic E-state index is 12.2. The number of rotatable bonds is 4. The number of halogens is 2. The number of carbonyl (C=O) groups excluding carboxylic acids is 1. The lowest BCUT2D eigenvalue weighted by Crippen LogP contribution is -2.53. The van der Waals surface area contributed by atoms with Crippen LogP contribution in [0, 0.1) is 11.3 Å². The maximum atomic E-state index is 12.2. The van der Waals surface area contributed by atoms with E-state index in [1.165, 1.54) is 19.4 Å². The number of amides is 1. The smallest absolute Gasteiger partial charge is 0.229 e. The first-order valence-corrected chi connectivity index (χ1v) is 6.75. The largest absolute Gasteiger partial charge is 0.340 e. The number of hydrogen-bond acceptors (Lipinski definition) is 3. The van der Waals surface area contributed by atoms with Crippen LogP contribution in [-0.4, -0.2) is 55.0 Å². The van der Waals surface area contributed by atoms with Gasteiger partial charge in [-0.15, -0.1) is 24.8 Å². The normalized spacial score (nSPS) is 20.5. The van der Waals surface area contributed by atoms with E-state index in [0.717, 1.165) is 32.1 Å². The summed E-state index contributed by atoms with van der Waals surface area (Å²) in [5.74, 6) is 1.16. The van der Waals surface area contributed by atoms with Crippen molar-refractivity contribution in [2.45, 2.75) is 26.7 Å². The molecule has 0 aromatic heterocycles. The first kappa shape index (κ1) is 19.0. The fourth-order valence-corrected chi connectivity index (χ4v) is 2.31. The van der Waals surface area contributed by atoms with Crippen molar-refractivity contribution in [1.29, 1.82) is 0 Å². The van der Waals surface area contributed by atoms with Gasteiger partial charge in [0.05, 0.1) is 5.41 Å². The van der Waals surface area contributed by atoms with Crippen LogP contribution in [0.1, 0.15) is 26.7 Å². The summed E-state index contributed by atoms with van der Waals surface area (Å²) in [7, 11) is 0. The van der Waals surface area contributed by atoms with E-state index in [-0.39, 0.29) is 30.7 Å². The summed E-state index contributed by atoms with van der Waals surface area (Å²) in [6, 6.07) is 0. The molecule has 1 aliphatic heterocycles. The molecule has 0 atom stereocenters. The van der Waals surface area contributed by atoms with E-state index < -0.39 is 5.41 Å². The second kappa shape index (κ2) is 7.67. The molecule has 6 heteroatoms. The summed E-state index contributed by atoms with van der Waals surface area (Å²) in [6.45, 7) is 9.34. The Morgan fingerprint density at radius 1 is 1.16 bits per heavy atom. The van der Waals surface area contributed by atoms with Crippen LogP contribution in [0.15, 0.2) is 0 Å². The lowest BCUT2D eigenvalue weighted by atomic mass is 9.91. The minimum atomic E-state index is -0.404. The summed E-state index contributed by atoms with van der Waals surface area (Å²) in [4.78, 5) is 16.7. The average molecular weight is 312 g/mol. The van der Waals surface area contributed by atoms with Gasteiger partial charge in [-0.3, -0.25) is 9.69 Å². The van der Waals surface area contributed by atoms with Crippen molar-refractivity contribution in [3.63, 3.8) is 0 Å². The number of piperazine rings is 1. The van der Waals surface area contributed by atoms with E-state index >= 15 is 0 Å². The van der Waals surface area contributed by atoms with E-state index in [0.29, 0.717) is 6.54 Å². The number of nitrogens with zero attached hydrogens (tertiary/aromatic N) is 2. The van der Waals surface area contributed by atoms with Gasteiger partial charge in [-0.25, -0.2) is 0 Å². The van der Waals surface area contributed by atoms with Gasteiger partial charge in [0.15, 0.2) is 0 Å². The second-order valence-corrected chi connectivity index (χ2v) is 6.12. The quantitative estimate of drug-likeness (QED) is 0.853. The molecule has 114 valence electrons. The van der Waals surface area contributed by atoms with Gasteiger partial charge >= 0.3 is 0 Å². The van der Waals surface area contributed by atoms with Crippen LogP contribution in [0.2, 0.25) is 0 Å². The van der Waals surface area contributed by atoms with Crippen LogP contribution in [-0.2, 0) is 4.79 Å². The highest BCUT2D eigenvalue weighted by atomic mass is 35.5. The van der Waals surface area contributed by atoms with Crippen molar-refractivity contribution in [1.82, 2.24) is 9.80 Å². The predicted octanol–water partition coefficient (Wildman–Crippen LogP) is 1.37. The molecular weight excluding hydrogens is 285 g/mol. The summed E-state index contributed by atoms with van der Waals surface area (Å²) < 4.78 is 0. The van der Waals surface area contributed by atoms with Gasteiger partial charge in [0.25, 0.3) is 0 Å². The summed E-state index contributed by atoms with van der Waals surface area (Å²) in [5.41, 5.74) is 5.25. The lowest BCUT2D eigenvalue weighted by molar-refractivity contribution is -0.141. The molecular formula is C13H27Cl2N3O. The zero-order chi connectivity index (χ0) is 12.5. The Morgan fingerprint density at radius 2 is 1.68 bits per heavy atom. The summed E-state index contributed by atoms with van der Waals surface area (Å²) in [6.07, 6.45) is 2.80.